The average Bonchev–Trinajstić information content (AvgIpc) is 2.76. The van der Waals surface area contributed by atoms with Crippen LogP contribution in [0.2, 0.25) is 0 Å². The molecule has 0 heterocycles. The third kappa shape index (κ3) is 8.01. The minimum atomic E-state index is -4.48. The molecule has 1 N–H and O–H groups in total. The molecule has 1 fully saturated rings. The van der Waals surface area contributed by atoms with Gasteiger partial charge in [0.25, 0.3) is 0 Å². The van der Waals surface area contributed by atoms with Crippen LogP contribution >= 0.6 is 0 Å². The van der Waals surface area contributed by atoms with Crippen LogP contribution in [0.3, 0.4) is 0 Å². The summed E-state index contributed by atoms with van der Waals surface area (Å²) >= 11 is 0. The zero-order valence-corrected chi connectivity index (χ0v) is 20.0. The molecule has 0 bridgehead atoms. The summed E-state index contributed by atoms with van der Waals surface area (Å²) < 4.78 is 65.0. The van der Waals surface area contributed by atoms with Gasteiger partial charge in [-0.3, -0.25) is 0 Å². The Hall–Kier alpha value is -1.16. The lowest BCUT2D eigenvalue weighted by atomic mass is 9.80. The standard InChI is InChI=1S/C23H37F3N2O3S/c1-3-28(16-17-29)15-5-4-6-19-7-9-20(10-8-19)18-27(2)32(30,31)22-13-11-21(12-14-22)23(24,25)26/h11-14,19-20,29H,3-10,15-18H2,1-2H3/t19-,20-. The zero-order valence-electron chi connectivity index (χ0n) is 19.1. The van der Waals surface area contributed by atoms with Crippen molar-refractivity contribution in [2.24, 2.45) is 11.8 Å². The molecule has 0 unspecified atom stereocenters. The minimum absolute atomic E-state index is 0.107. The Morgan fingerprint density at radius 3 is 2.12 bits per heavy atom. The van der Waals surface area contributed by atoms with Crippen LogP contribution in [0.25, 0.3) is 0 Å². The predicted octanol–water partition coefficient (Wildman–Crippen LogP) is 4.62. The Kier molecular flexibility index (Phi) is 10.4. The molecule has 2 rings (SSSR count). The highest BCUT2D eigenvalue weighted by atomic mass is 32.2. The van der Waals surface area contributed by atoms with Crippen molar-refractivity contribution in [2.45, 2.75) is 62.9 Å². The molecule has 0 spiro atoms. The molecule has 32 heavy (non-hydrogen) atoms. The Balaban J connectivity index is 1.76. The number of aliphatic hydroxyl groups excluding tert-OH is 1. The molecular weight excluding hydrogens is 441 g/mol. The highest BCUT2D eigenvalue weighted by molar-refractivity contribution is 7.89. The zero-order chi connectivity index (χ0) is 23.8. The third-order valence-corrected chi connectivity index (χ3v) is 8.41. The van der Waals surface area contributed by atoms with Crippen molar-refractivity contribution in [1.29, 1.82) is 0 Å². The molecular formula is C23H37F3N2O3S. The fourth-order valence-electron chi connectivity index (χ4n) is 4.50. The van der Waals surface area contributed by atoms with Crippen LogP contribution in [0.4, 0.5) is 13.2 Å². The molecule has 0 aromatic heterocycles. The number of hydrogen-bond donors (Lipinski definition) is 1. The lowest BCUT2D eigenvalue weighted by Gasteiger charge is -2.31. The molecule has 1 saturated carbocycles. The molecule has 1 aromatic rings. The summed E-state index contributed by atoms with van der Waals surface area (Å²) in [5.41, 5.74) is -0.853. The van der Waals surface area contributed by atoms with Crippen LogP contribution in [0.5, 0.6) is 0 Å². The highest BCUT2D eigenvalue weighted by Gasteiger charge is 2.32. The summed E-state index contributed by atoms with van der Waals surface area (Å²) in [4.78, 5) is 2.15. The van der Waals surface area contributed by atoms with Crippen molar-refractivity contribution in [1.82, 2.24) is 9.21 Å². The SMILES string of the molecule is CCN(CCO)CCCC[C@H]1CC[C@H](CN(C)S(=O)(=O)c2ccc(C(F)(F)F)cc2)CC1. The fraction of sp³-hybridized carbons (Fsp3) is 0.739. The van der Waals surface area contributed by atoms with Crippen molar-refractivity contribution in [3.63, 3.8) is 0 Å². The molecule has 1 aromatic carbocycles. The summed E-state index contributed by atoms with van der Waals surface area (Å²) in [5.74, 6) is 0.955. The monoisotopic (exact) mass is 478 g/mol. The van der Waals surface area contributed by atoms with Gasteiger partial charge in [-0.1, -0.05) is 32.6 Å². The van der Waals surface area contributed by atoms with Crippen LogP contribution in [-0.4, -0.2) is 62.6 Å². The summed E-state index contributed by atoms with van der Waals surface area (Å²) in [6.07, 6.45) is 3.12. The lowest BCUT2D eigenvalue weighted by Crippen LogP contribution is -2.33. The minimum Gasteiger partial charge on any atom is -0.395 e. The number of rotatable bonds is 12. The van der Waals surface area contributed by atoms with Gasteiger partial charge in [-0.05, 0) is 68.5 Å². The van der Waals surface area contributed by atoms with E-state index in [0.29, 0.717) is 12.5 Å². The van der Waals surface area contributed by atoms with Crippen molar-refractivity contribution < 1.29 is 26.7 Å². The molecule has 0 atom stereocenters. The number of aliphatic hydroxyl groups is 1. The summed E-state index contributed by atoms with van der Waals surface area (Å²) in [7, 11) is -2.30. The van der Waals surface area contributed by atoms with E-state index in [0.717, 1.165) is 76.0 Å². The third-order valence-electron chi connectivity index (χ3n) is 6.57. The Labute approximate surface area is 190 Å². The average molecular weight is 479 g/mol. The van der Waals surface area contributed by atoms with E-state index in [2.05, 4.69) is 11.8 Å². The quantitative estimate of drug-likeness (QED) is 0.446. The van der Waals surface area contributed by atoms with Gasteiger partial charge in [0.05, 0.1) is 17.1 Å². The first-order valence-electron chi connectivity index (χ1n) is 11.5. The van der Waals surface area contributed by atoms with Gasteiger partial charge in [0.1, 0.15) is 0 Å². The molecule has 1 aliphatic rings. The van der Waals surface area contributed by atoms with Crippen LogP contribution < -0.4 is 0 Å². The Morgan fingerprint density at radius 2 is 1.59 bits per heavy atom. The van der Waals surface area contributed by atoms with Crippen LogP contribution in [0, 0.1) is 11.8 Å². The van der Waals surface area contributed by atoms with E-state index in [1.165, 1.54) is 24.2 Å². The second-order valence-corrected chi connectivity index (χ2v) is 10.9. The summed E-state index contributed by atoms with van der Waals surface area (Å²) in [5, 5.41) is 9.05. The first-order chi connectivity index (χ1) is 15.1. The highest BCUT2D eigenvalue weighted by Crippen LogP contribution is 2.33. The van der Waals surface area contributed by atoms with Gasteiger partial charge in [-0.25, -0.2) is 12.7 Å². The molecule has 0 radical (unpaired) electrons. The maximum Gasteiger partial charge on any atom is 0.416 e. The van der Waals surface area contributed by atoms with Crippen LogP contribution in [0.15, 0.2) is 29.2 Å². The smallest absolute Gasteiger partial charge is 0.395 e. The maximum absolute atomic E-state index is 12.8. The van der Waals surface area contributed by atoms with Crippen molar-refractivity contribution in [3.05, 3.63) is 29.8 Å². The first kappa shape index (κ1) is 27.1. The van der Waals surface area contributed by atoms with Gasteiger partial charge in [-0.2, -0.15) is 13.2 Å². The molecule has 0 aliphatic heterocycles. The number of unbranched alkanes of at least 4 members (excludes halogenated alkanes) is 1. The second-order valence-electron chi connectivity index (χ2n) is 8.85. The van der Waals surface area contributed by atoms with E-state index < -0.39 is 21.8 Å². The van der Waals surface area contributed by atoms with Gasteiger partial charge in [-0.15, -0.1) is 0 Å². The number of nitrogens with zero attached hydrogens (tertiary/aromatic N) is 2. The van der Waals surface area contributed by atoms with E-state index in [1.807, 2.05) is 0 Å². The number of likely N-dealkylation sites (N-methyl/N-ethyl adjacent to an activating group) is 1. The predicted molar refractivity (Wildman–Crippen MR) is 120 cm³/mol. The Bertz CT molecular complexity index is 777. The van der Waals surface area contributed by atoms with E-state index in [1.54, 1.807) is 0 Å². The Morgan fingerprint density at radius 1 is 1.00 bits per heavy atom. The van der Waals surface area contributed by atoms with Gasteiger partial charge >= 0.3 is 6.18 Å². The lowest BCUT2D eigenvalue weighted by molar-refractivity contribution is -0.137. The number of hydrogen-bond acceptors (Lipinski definition) is 4. The summed E-state index contributed by atoms with van der Waals surface area (Å²) in [6.45, 7) is 5.38. The van der Waals surface area contributed by atoms with Crippen LogP contribution in [-0.2, 0) is 16.2 Å². The van der Waals surface area contributed by atoms with Crippen molar-refractivity contribution in [3.8, 4) is 0 Å². The van der Waals surface area contributed by atoms with Gasteiger partial charge in [0.2, 0.25) is 10.0 Å². The van der Waals surface area contributed by atoms with Crippen LogP contribution in [0.1, 0.15) is 57.4 Å². The van der Waals surface area contributed by atoms with Gasteiger partial charge < -0.3 is 10.0 Å². The molecule has 0 amide bonds. The molecule has 1 aliphatic carbocycles. The van der Waals surface area contributed by atoms with E-state index in [9.17, 15) is 21.6 Å². The topological polar surface area (TPSA) is 60.9 Å². The largest absolute Gasteiger partial charge is 0.416 e. The molecule has 5 nitrogen and oxygen atoms in total. The van der Waals surface area contributed by atoms with Crippen molar-refractivity contribution >= 4 is 10.0 Å². The number of halogens is 3. The van der Waals surface area contributed by atoms with Crippen molar-refractivity contribution in [2.75, 3.05) is 39.8 Å². The molecule has 9 heteroatoms. The first-order valence-corrected chi connectivity index (χ1v) is 13.0. The molecule has 0 saturated heterocycles. The number of benzene rings is 1. The van der Waals surface area contributed by atoms with E-state index in [4.69, 9.17) is 5.11 Å². The van der Waals surface area contributed by atoms with E-state index in [-0.39, 0.29) is 17.4 Å². The van der Waals surface area contributed by atoms with Gasteiger partial charge in [0, 0.05) is 20.1 Å². The normalized spacial score (nSPS) is 20.2. The number of alkyl halides is 3. The van der Waals surface area contributed by atoms with Gasteiger partial charge in [0.15, 0.2) is 0 Å². The van der Waals surface area contributed by atoms with E-state index >= 15 is 0 Å². The molecule has 184 valence electrons. The number of sulfonamides is 1. The summed E-state index contributed by atoms with van der Waals surface area (Å²) in [6, 6.07) is 3.70. The maximum atomic E-state index is 12.8. The second kappa shape index (κ2) is 12.3. The fourth-order valence-corrected chi connectivity index (χ4v) is 5.75.